The van der Waals surface area contributed by atoms with Gasteiger partial charge in [0.1, 0.15) is 11.0 Å². The zero-order valence-corrected chi connectivity index (χ0v) is 9.59. The van der Waals surface area contributed by atoms with E-state index in [0.717, 1.165) is 11.4 Å². The lowest BCUT2D eigenvalue weighted by Gasteiger charge is -2.08. The summed E-state index contributed by atoms with van der Waals surface area (Å²) in [5.74, 6) is 0.694. The number of halogens is 2. The molecule has 0 amide bonds. The van der Waals surface area contributed by atoms with Crippen LogP contribution in [0.25, 0.3) is 0 Å². The van der Waals surface area contributed by atoms with E-state index in [1.807, 2.05) is 13.2 Å². The van der Waals surface area contributed by atoms with Crippen LogP contribution in [0.5, 0.6) is 0 Å². The Morgan fingerprint density at radius 3 is 2.62 bits per heavy atom. The van der Waals surface area contributed by atoms with E-state index in [1.54, 1.807) is 0 Å². The fourth-order valence-corrected chi connectivity index (χ4v) is 2.00. The number of rotatable bonds is 3. The molecule has 0 aromatic carbocycles. The van der Waals surface area contributed by atoms with Crippen molar-refractivity contribution in [3.63, 3.8) is 0 Å². The van der Waals surface area contributed by atoms with E-state index < -0.39 is 0 Å². The first-order chi connectivity index (χ1) is 6.19. The third-order valence-corrected chi connectivity index (χ3v) is 2.69. The maximum Gasteiger partial charge on any atom is 0.225 e. The SMILES string of the molecule is CCNc1nc(Cl)nc(Cl)c1SC. The number of nitrogens with one attached hydrogen (secondary N) is 1. The van der Waals surface area contributed by atoms with E-state index in [4.69, 9.17) is 23.2 Å². The zero-order chi connectivity index (χ0) is 9.84. The standard InChI is InChI=1S/C7H9Cl2N3S/c1-3-10-6-4(13-2)5(8)11-7(9)12-6/h3H2,1-2H3,(H,10,11,12). The van der Waals surface area contributed by atoms with E-state index in [1.165, 1.54) is 11.8 Å². The first-order valence-electron chi connectivity index (χ1n) is 3.70. The summed E-state index contributed by atoms with van der Waals surface area (Å²) in [4.78, 5) is 8.71. The third kappa shape index (κ3) is 2.62. The highest BCUT2D eigenvalue weighted by Gasteiger charge is 2.10. The van der Waals surface area contributed by atoms with Crippen LogP contribution in [0.15, 0.2) is 4.90 Å². The Hall–Kier alpha value is -0.190. The molecule has 0 atom stereocenters. The molecule has 0 saturated heterocycles. The minimum Gasteiger partial charge on any atom is -0.369 e. The van der Waals surface area contributed by atoms with Gasteiger partial charge in [-0.1, -0.05) is 11.6 Å². The molecule has 1 rings (SSSR count). The Bertz CT molecular complexity index is 306. The molecule has 1 aromatic heterocycles. The van der Waals surface area contributed by atoms with Crippen LogP contribution >= 0.6 is 35.0 Å². The molecule has 0 unspecified atom stereocenters. The Kier molecular flexibility index (Phi) is 4.09. The summed E-state index contributed by atoms with van der Waals surface area (Å²) < 4.78 is 0. The lowest BCUT2D eigenvalue weighted by molar-refractivity contribution is 1.06. The first-order valence-corrected chi connectivity index (χ1v) is 5.68. The quantitative estimate of drug-likeness (QED) is 0.499. The second-order valence-electron chi connectivity index (χ2n) is 2.20. The van der Waals surface area contributed by atoms with E-state index in [2.05, 4.69) is 15.3 Å². The van der Waals surface area contributed by atoms with Gasteiger partial charge in [-0.3, -0.25) is 0 Å². The minimum absolute atomic E-state index is 0.166. The maximum absolute atomic E-state index is 5.87. The second kappa shape index (κ2) is 4.88. The maximum atomic E-state index is 5.87. The summed E-state index contributed by atoms with van der Waals surface area (Å²) in [6, 6.07) is 0. The number of aromatic nitrogens is 2. The monoisotopic (exact) mass is 237 g/mol. The van der Waals surface area contributed by atoms with Crippen molar-refractivity contribution < 1.29 is 0 Å². The Balaban J connectivity index is 3.13. The molecule has 0 aliphatic carbocycles. The molecule has 72 valence electrons. The van der Waals surface area contributed by atoms with Gasteiger partial charge in [0.05, 0.1) is 4.90 Å². The molecule has 13 heavy (non-hydrogen) atoms. The van der Waals surface area contributed by atoms with E-state index >= 15 is 0 Å². The number of anilines is 1. The molecule has 0 spiro atoms. The summed E-state index contributed by atoms with van der Waals surface area (Å²) in [7, 11) is 0. The molecule has 0 aliphatic rings. The van der Waals surface area contributed by atoms with Gasteiger partial charge in [0.2, 0.25) is 5.28 Å². The van der Waals surface area contributed by atoms with Gasteiger partial charge in [0.25, 0.3) is 0 Å². The van der Waals surface area contributed by atoms with Crippen LogP contribution in [-0.4, -0.2) is 22.8 Å². The van der Waals surface area contributed by atoms with Gasteiger partial charge in [0.15, 0.2) is 0 Å². The second-order valence-corrected chi connectivity index (χ2v) is 3.71. The fourth-order valence-electron chi connectivity index (χ4n) is 0.866. The normalized spacial score (nSPS) is 10.2. The molecule has 1 aromatic rings. The Morgan fingerprint density at radius 2 is 2.08 bits per heavy atom. The van der Waals surface area contributed by atoms with E-state index in [9.17, 15) is 0 Å². The van der Waals surface area contributed by atoms with Crippen molar-refractivity contribution in [2.75, 3.05) is 18.1 Å². The van der Waals surface area contributed by atoms with Crippen LogP contribution in [0.1, 0.15) is 6.92 Å². The van der Waals surface area contributed by atoms with Gasteiger partial charge in [0, 0.05) is 6.54 Å². The van der Waals surface area contributed by atoms with Gasteiger partial charge in [-0.25, -0.2) is 4.98 Å². The number of thioether (sulfide) groups is 1. The van der Waals surface area contributed by atoms with Gasteiger partial charge >= 0.3 is 0 Å². The highest BCUT2D eigenvalue weighted by atomic mass is 35.5. The lowest BCUT2D eigenvalue weighted by Crippen LogP contribution is -2.02. The van der Waals surface area contributed by atoms with Crippen molar-refractivity contribution in [2.45, 2.75) is 11.8 Å². The van der Waals surface area contributed by atoms with Gasteiger partial charge in [-0.05, 0) is 24.8 Å². The average Bonchev–Trinajstić information content (AvgIpc) is 2.04. The summed E-state index contributed by atoms with van der Waals surface area (Å²) in [5.41, 5.74) is 0. The molecule has 1 heterocycles. The summed E-state index contributed by atoms with van der Waals surface area (Å²) in [5, 5.41) is 3.63. The van der Waals surface area contributed by atoms with Crippen molar-refractivity contribution in [1.29, 1.82) is 0 Å². The van der Waals surface area contributed by atoms with Crippen LogP contribution in [0.2, 0.25) is 10.4 Å². The molecular formula is C7H9Cl2N3S. The molecule has 6 heteroatoms. The zero-order valence-electron chi connectivity index (χ0n) is 7.27. The summed E-state index contributed by atoms with van der Waals surface area (Å²) in [6.07, 6.45) is 1.92. The lowest BCUT2D eigenvalue weighted by atomic mass is 10.5. The highest BCUT2D eigenvalue weighted by Crippen LogP contribution is 2.30. The average molecular weight is 238 g/mol. The van der Waals surface area contributed by atoms with Crippen molar-refractivity contribution in [3.05, 3.63) is 10.4 Å². The molecule has 1 N–H and O–H groups in total. The molecule has 0 bridgehead atoms. The molecule has 0 radical (unpaired) electrons. The van der Waals surface area contributed by atoms with Crippen LogP contribution in [0, 0.1) is 0 Å². The minimum atomic E-state index is 0.166. The molecule has 0 aliphatic heterocycles. The number of hydrogen-bond donors (Lipinski definition) is 1. The largest absolute Gasteiger partial charge is 0.369 e. The van der Waals surface area contributed by atoms with Crippen LogP contribution in [-0.2, 0) is 0 Å². The molecule has 3 nitrogen and oxygen atoms in total. The van der Waals surface area contributed by atoms with Crippen molar-refractivity contribution in [3.8, 4) is 0 Å². The van der Waals surface area contributed by atoms with Gasteiger partial charge < -0.3 is 5.32 Å². The number of hydrogen-bond acceptors (Lipinski definition) is 4. The molecule has 0 saturated carbocycles. The molecular weight excluding hydrogens is 229 g/mol. The van der Waals surface area contributed by atoms with E-state index in [-0.39, 0.29) is 5.28 Å². The van der Waals surface area contributed by atoms with E-state index in [0.29, 0.717) is 11.0 Å². The molecule has 0 fully saturated rings. The van der Waals surface area contributed by atoms with Crippen LogP contribution in [0.3, 0.4) is 0 Å². The third-order valence-electron chi connectivity index (χ3n) is 1.35. The fraction of sp³-hybridized carbons (Fsp3) is 0.429. The first kappa shape index (κ1) is 10.9. The van der Waals surface area contributed by atoms with Gasteiger partial charge in [-0.2, -0.15) is 4.98 Å². The summed E-state index contributed by atoms with van der Waals surface area (Å²) in [6.45, 7) is 2.76. The van der Waals surface area contributed by atoms with Crippen LogP contribution in [0.4, 0.5) is 5.82 Å². The predicted molar refractivity (Wildman–Crippen MR) is 58.0 cm³/mol. The number of nitrogens with zero attached hydrogens (tertiary/aromatic N) is 2. The van der Waals surface area contributed by atoms with Crippen molar-refractivity contribution >= 4 is 40.8 Å². The predicted octanol–water partition coefficient (Wildman–Crippen LogP) is 2.94. The highest BCUT2D eigenvalue weighted by molar-refractivity contribution is 7.98. The summed E-state index contributed by atoms with van der Waals surface area (Å²) >= 11 is 13.0. The smallest absolute Gasteiger partial charge is 0.225 e. The Morgan fingerprint density at radius 1 is 1.38 bits per heavy atom. The topological polar surface area (TPSA) is 37.8 Å². The van der Waals surface area contributed by atoms with Gasteiger partial charge in [-0.15, -0.1) is 11.8 Å². The van der Waals surface area contributed by atoms with Crippen molar-refractivity contribution in [2.24, 2.45) is 0 Å². The van der Waals surface area contributed by atoms with Crippen molar-refractivity contribution in [1.82, 2.24) is 9.97 Å². The van der Waals surface area contributed by atoms with Crippen LogP contribution < -0.4 is 5.32 Å². The Labute approximate surface area is 91.2 Å².